The molecule has 0 radical (unpaired) electrons. The Kier molecular flexibility index (Phi) is 4.65. The molecule has 5 heteroatoms. The lowest BCUT2D eigenvalue weighted by molar-refractivity contribution is 0.0736. The Hall–Kier alpha value is -2.43. The van der Waals surface area contributed by atoms with E-state index in [0.717, 1.165) is 12.0 Å². The molecule has 0 bridgehead atoms. The molecule has 20 heavy (non-hydrogen) atoms. The number of nitrogens with zero attached hydrogens (tertiary/aromatic N) is 3. The van der Waals surface area contributed by atoms with Crippen molar-refractivity contribution < 1.29 is 4.79 Å². The Morgan fingerprint density at radius 1 is 1.35 bits per heavy atom. The number of carbonyl (C=O) groups excluding carboxylic acids is 1. The highest BCUT2D eigenvalue weighted by atomic mass is 16.2. The third-order valence-corrected chi connectivity index (χ3v) is 2.89. The molecule has 2 N–H and O–H groups in total. The summed E-state index contributed by atoms with van der Waals surface area (Å²) < 4.78 is 0. The normalized spacial score (nSPS) is 10.2. The summed E-state index contributed by atoms with van der Waals surface area (Å²) in [5.41, 5.74) is 7.85. The van der Waals surface area contributed by atoms with Crippen LogP contribution in [-0.4, -0.2) is 27.3 Å². The molecule has 0 aliphatic carbocycles. The third-order valence-electron chi connectivity index (χ3n) is 2.89. The van der Waals surface area contributed by atoms with Gasteiger partial charge in [0.15, 0.2) is 0 Å². The molecule has 1 amide bonds. The van der Waals surface area contributed by atoms with Crippen LogP contribution >= 0.6 is 0 Å². The molecule has 0 unspecified atom stereocenters. The largest absolute Gasteiger partial charge is 0.399 e. The zero-order chi connectivity index (χ0) is 14.4. The van der Waals surface area contributed by atoms with Crippen molar-refractivity contribution in [2.24, 2.45) is 0 Å². The van der Waals surface area contributed by atoms with Crippen LogP contribution in [0.15, 0.2) is 42.9 Å². The second-order valence-electron chi connectivity index (χ2n) is 4.56. The van der Waals surface area contributed by atoms with E-state index < -0.39 is 0 Å². The topological polar surface area (TPSA) is 72.1 Å². The molecule has 5 nitrogen and oxygen atoms in total. The first-order valence-electron chi connectivity index (χ1n) is 6.60. The van der Waals surface area contributed by atoms with E-state index in [0.29, 0.717) is 24.5 Å². The highest BCUT2D eigenvalue weighted by Crippen LogP contribution is 2.12. The van der Waals surface area contributed by atoms with E-state index in [1.807, 2.05) is 31.2 Å². The Labute approximate surface area is 118 Å². The standard InChI is InChI=1S/C15H18N4O/c1-2-8-19(11-12-4-3-5-13(16)9-12)15(20)14-10-17-6-7-18-14/h3-7,9-10H,2,8,11,16H2,1H3. The van der Waals surface area contributed by atoms with E-state index in [4.69, 9.17) is 5.73 Å². The predicted molar refractivity (Wildman–Crippen MR) is 77.9 cm³/mol. The van der Waals surface area contributed by atoms with Gasteiger partial charge in [-0.25, -0.2) is 4.98 Å². The van der Waals surface area contributed by atoms with Gasteiger partial charge in [0.25, 0.3) is 5.91 Å². The fourth-order valence-electron chi connectivity index (χ4n) is 2.01. The van der Waals surface area contributed by atoms with E-state index in [1.54, 1.807) is 11.1 Å². The molecule has 0 spiro atoms. The molecule has 0 saturated carbocycles. The van der Waals surface area contributed by atoms with Gasteiger partial charge in [-0.2, -0.15) is 0 Å². The number of carbonyl (C=O) groups is 1. The van der Waals surface area contributed by atoms with Crippen molar-refractivity contribution in [3.63, 3.8) is 0 Å². The summed E-state index contributed by atoms with van der Waals surface area (Å²) >= 11 is 0. The van der Waals surface area contributed by atoms with Gasteiger partial charge in [0, 0.05) is 31.2 Å². The Balaban J connectivity index is 2.17. The molecule has 0 atom stereocenters. The smallest absolute Gasteiger partial charge is 0.274 e. The molecule has 1 heterocycles. The summed E-state index contributed by atoms with van der Waals surface area (Å²) in [5, 5.41) is 0. The van der Waals surface area contributed by atoms with Crippen LogP contribution in [0.3, 0.4) is 0 Å². The SMILES string of the molecule is CCCN(Cc1cccc(N)c1)C(=O)c1cnccn1. The van der Waals surface area contributed by atoms with Crippen LogP contribution in [0.25, 0.3) is 0 Å². The number of nitrogens with two attached hydrogens (primary N) is 1. The summed E-state index contributed by atoms with van der Waals surface area (Å²) in [7, 11) is 0. The molecule has 104 valence electrons. The molecule has 1 aromatic heterocycles. The lowest BCUT2D eigenvalue weighted by Crippen LogP contribution is -2.32. The average molecular weight is 270 g/mol. The number of hydrogen-bond acceptors (Lipinski definition) is 4. The Bertz CT molecular complexity index is 571. The Morgan fingerprint density at radius 3 is 2.85 bits per heavy atom. The molecular formula is C15H18N4O. The van der Waals surface area contributed by atoms with Crippen molar-refractivity contribution in [1.82, 2.24) is 14.9 Å². The molecular weight excluding hydrogens is 252 g/mol. The minimum atomic E-state index is -0.109. The number of rotatable bonds is 5. The molecule has 2 rings (SSSR count). The molecule has 0 aliphatic heterocycles. The van der Waals surface area contributed by atoms with Gasteiger partial charge in [-0.1, -0.05) is 19.1 Å². The van der Waals surface area contributed by atoms with Crippen molar-refractivity contribution >= 4 is 11.6 Å². The van der Waals surface area contributed by atoms with Crippen molar-refractivity contribution in [3.05, 3.63) is 54.1 Å². The lowest BCUT2D eigenvalue weighted by atomic mass is 10.2. The fraction of sp³-hybridized carbons (Fsp3) is 0.267. The summed E-state index contributed by atoms with van der Waals surface area (Å²) in [5.74, 6) is -0.109. The maximum absolute atomic E-state index is 12.4. The number of anilines is 1. The number of amides is 1. The first-order chi connectivity index (χ1) is 9.70. The van der Waals surface area contributed by atoms with Crippen LogP contribution in [-0.2, 0) is 6.54 Å². The van der Waals surface area contributed by atoms with E-state index in [2.05, 4.69) is 9.97 Å². The van der Waals surface area contributed by atoms with E-state index in [1.165, 1.54) is 12.4 Å². The molecule has 0 fully saturated rings. The molecule has 0 aliphatic rings. The Morgan fingerprint density at radius 2 is 2.20 bits per heavy atom. The number of nitrogen functional groups attached to an aromatic ring is 1. The van der Waals surface area contributed by atoms with Gasteiger partial charge in [-0.15, -0.1) is 0 Å². The van der Waals surface area contributed by atoms with Gasteiger partial charge in [0.1, 0.15) is 5.69 Å². The van der Waals surface area contributed by atoms with E-state index in [-0.39, 0.29) is 5.91 Å². The monoisotopic (exact) mass is 270 g/mol. The van der Waals surface area contributed by atoms with Gasteiger partial charge < -0.3 is 10.6 Å². The van der Waals surface area contributed by atoms with Crippen LogP contribution in [0.2, 0.25) is 0 Å². The second kappa shape index (κ2) is 6.65. The predicted octanol–water partition coefficient (Wildman–Crippen LogP) is 2.11. The van der Waals surface area contributed by atoms with Crippen LogP contribution < -0.4 is 5.73 Å². The van der Waals surface area contributed by atoms with Gasteiger partial charge in [0.05, 0.1) is 6.20 Å². The number of hydrogen-bond donors (Lipinski definition) is 1. The maximum atomic E-state index is 12.4. The number of aromatic nitrogens is 2. The summed E-state index contributed by atoms with van der Waals surface area (Å²) in [4.78, 5) is 22.2. The second-order valence-corrected chi connectivity index (χ2v) is 4.56. The van der Waals surface area contributed by atoms with Crippen LogP contribution in [0.1, 0.15) is 29.4 Å². The van der Waals surface area contributed by atoms with Gasteiger partial charge >= 0.3 is 0 Å². The van der Waals surface area contributed by atoms with Crippen molar-refractivity contribution in [2.45, 2.75) is 19.9 Å². The fourth-order valence-corrected chi connectivity index (χ4v) is 2.01. The maximum Gasteiger partial charge on any atom is 0.274 e. The summed E-state index contributed by atoms with van der Waals surface area (Å²) in [6.45, 7) is 3.23. The highest BCUT2D eigenvalue weighted by Gasteiger charge is 2.16. The quantitative estimate of drug-likeness (QED) is 0.845. The molecule has 1 aromatic carbocycles. The van der Waals surface area contributed by atoms with Crippen LogP contribution in [0.4, 0.5) is 5.69 Å². The average Bonchev–Trinajstić information content (AvgIpc) is 2.47. The molecule has 0 saturated heterocycles. The minimum Gasteiger partial charge on any atom is -0.399 e. The highest BCUT2D eigenvalue weighted by molar-refractivity contribution is 5.91. The van der Waals surface area contributed by atoms with Gasteiger partial charge in [-0.05, 0) is 24.1 Å². The van der Waals surface area contributed by atoms with Crippen LogP contribution in [0.5, 0.6) is 0 Å². The lowest BCUT2D eigenvalue weighted by Gasteiger charge is -2.21. The first-order valence-corrected chi connectivity index (χ1v) is 6.60. The minimum absolute atomic E-state index is 0.109. The zero-order valence-corrected chi connectivity index (χ0v) is 11.5. The zero-order valence-electron chi connectivity index (χ0n) is 11.5. The van der Waals surface area contributed by atoms with Crippen LogP contribution in [0, 0.1) is 0 Å². The van der Waals surface area contributed by atoms with Crippen molar-refractivity contribution in [1.29, 1.82) is 0 Å². The van der Waals surface area contributed by atoms with Crippen molar-refractivity contribution in [3.8, 4) is 0 Å². The van der Waals surface area contributed by atoms with Gasteiger partial charge in [0.2, 0.25) is 0 Å². The van der Waals surface area contributed by atoms with Gasteiger partial charge in [-0.3, -0.25) is 9.78 Å². The summed E-state index contributed by atoms with van der Waals surface area (Å²) in [6, 6.07) is 7.56. The summed E-state index contributed by atoms with van der Waals surface area (Å²) in [6.07, 6.45) is 5.45. The first kappa shape index (κ1) is 14.0. The third kappa shape index (κ3) is 3.54. The van der Waals surface area contributed by atoms with Crippen molar-refractivity contribution in [2.75, 3.05) is 12.3 Å². The number of benzene rings is 1. The van der Waals surface area contributed by atoms with E-state index >= 15 is 0 Å². The van der Waals surface area contributed by atoms with E-state index in [9.17, 15) is 4.79 Å². The molecule has 2 aromatic rings.